The zero-order chi connectivity index (χ0) is 16.9. The van der Waals surface area contributed by atoms with Crippen LogP contribution < -0.4 is 5.32 Å². The minimum absolute atomic E-state index is 0. The maximum Gasteiger partial charge on any atom is 0.194 e. The molecule has 8 heteroatoms. The summed E-state index contributed by atoms with van der Waals surface area (Å²) < 4.78 is 2.22. The van der Waals surface area contributed by atoms with E-state index in [1.54, 1.807) is 11.3 Å². The number of hydrogen-bond acceptors (Lipinski definition) is 4. The van der Waals surface area contributed by atoms with E-state index in [1.165, 1.54) is 5.01 Å². The molecule has 1 N–H and O–H groups in total. The Labute approximate surface area is 170 Å². The number of hydrogen-bond donors (Lipinski definition) is 1. The van der Waals surface area contributed by atoms with Gasteiger partial charge in [0.05, 0.1) is 29.6 Å². The van der Waals surface area contributed by atoms with E-state index in [9.17, 15) is 0 Å². The van der Waals surface area contributed by atoms with Gasteiger partial charge in [0.15, 0.2) is 5.96 Å². The number of aromatic nitrogens is 3. The fourth-order valence-electron chi connectivity index (χ4n) is 3.19. The standard InChI is InChI=1S/C17H26N6S.HI/c1-4-16-21-14(11-24-16)9-20-17(18-3)22-7-5-13(2)15(10-22)23-8-6-19-12-23;/h6,8,11-13,15H,4-5,7,9-10H2,1-3H3,(H,18,20);1H. The largest absolute Gasteiger partial charge is 0.351 e. The maximum atomic E-state index is 4.62. The van der Waals surface area contributed by atoms with Gasteiger partial charge in [-0.25, -0.2) is 9.97 Å². The first kappa shape index (κ1) is 20.2. The first-order valence-corrected chi connectivity index (χ1v) is 9.45. The fraction of sp³-hybridized carbons (Fsp3) is 0.588. The van der Waals surface area contributed by atoms with Gasteiger partial charge in [-0.3, -0.25) is 4.99 Å². The van der Waals surface area contributed by atoms with E-state index in [4.69, 9.17) is 0 Å². The van der Waals surface area contributed by atoms with E-state index in [2.05, 4.69) is 55.2 Å². The average molecular weight is 474 g/mol. The highest BCUT2D eigenvalue weighted by Crippen LogP contribution is 2.27. The van der Waals surface area contributed by atoms with Crippen molar-refractivity contribution in [2.75, 3.05) is 20.1 Å². The Hall–Kier alpha value is -1.16. The lowest BCUT2D eigenvalue weighted by Crippen LogP contribution is -2.48. The number of piperidine rings is 1. The first-order valence-electron chi connectivity index (χ1n) is 8.57. The van der Waals surface area contributed by atoms with Crippen LogP contribution in [0.5, 0.6) is 0 Å². The Bertz CT molecular complexity index is 668. The molecule has 0 radical (unpaired) electrons. The molecule has 3 heterocycles. The quantitative estimate of drug-likeness (QED) is 0.420. The summed E-state index contributed by atoms with van der Waals surface area (Å²) in [5, 5.41) is 6.79. The van der Waals surface area contributed by atoms with Gasteiger partial charge in [-0.05, 0) is 18.8 Å². The van der Waals surface area contributed by atoms with Gasteiger partial charge in [-0.2, -0.15) is 0 Å². The molecule has 2 atom stereocenters. The van der Waals surface area contributed by atoms with E-state index in [0.29, 0.717) is 12.0 Å². The van der Waals surface area contributed by atoms with E-state index in [-0.39, 0.29) is 24.0 Å². The second kappa shape index (κ2) is 9.51. The second-order valence-corrected chi connectivity index (χ2v) is 7.22. The topological polar surface area (TPSA) is 58.3 Å². The minimum atomic E-state index is 0. The molecule has 0 amide bonds. The third-order valence-corrected chi connectivity index (χ3v) is 5.71. The molecule has 1 saturated heterocycles. The van der Waals surface area contributed by atoms with Crippen LogP contribution in [-0.2, 0) is 13.0 Å². The van der Waals surface area contributed by atoms with Crippen LogP contribution in [0.3, 0.4) is 0 Å². The van der Waals surface area contributed by atoms with Crippen molar-refractivity contribution in [2.24, 2.45) is 10.9 Å². The van der Waals surface area contributed by atoms with Crippen LogP contribution in [-0.4, -0.2) is 45.5 Å². The van der Waals surface area contributed by atoms with Crippen molar-refractivity contribution in [2.45, 2.75) is 39.3 Å². The Balaban J connectivity index is 0.00000225. The van der Waals surface area contributed by atoms with Crippen LogP contribution in [0.2, 0.25) is 0 Å². The van der Waals surface area contributed by atoms with Gasteiger partial charge in [-0.1, -0.05) is 13.8 Å². The molecule has 0 aliphatic carbocycles. The summed E-state index contributed by atoms with van der Waals surface area (Å²) in [7, 11) is 1.85. The van der Waals surface area contributed by atoms with Crippen molar-refractivity contribution in [3.63, 3.8) is 0 Å². The van der Waals surface area contributed by atoms with Gasteiger partial charge in [0.2, 0.25) is 0 Å². The predicted octanol–water partition coefficient (Wildman–Crippen LogP) is 3.18. The number of rotatable bonds is 4. The molecule has 0 aromatic carbocycles. The first-order chi connectivity index (χ1) is 11.7. The third kappa shape index (κ3) is 4.93. The molecule has 3 rings (SSSR count). The van der Waals surface area contributed by atoms with E-state index in [0.717, 1.165) is 44.1 Å². The Morgan fingerprint density at radius 2 is 2.32 bits per heavy atom. The number of guanidine groups is 1. The Morgan fingerprint density at radius 1 is 1.48 bits per heavy atom. The zero-order valence-electron chi connectivity index (χ0n) is 15.1. The van der Waals surface area contributed by atoms with Crippen molar-refractivity contribution in [1.82, 2.24) is 24.8 Å². The van der Waals surface area contributed by atoms with E-state index >= 15 is 0 Å². The van der Waals surface area contributed by atoms with Crippen molar-refractivity contribution in [3.8, 4) is 0 Å². The van der Waals surface area contributed by atoms with Crippen LogP contribution in [0.15, 0.2) is 29.1 Å². The highest BCUT2D eigenvalue weighted by atomic mass is 127. The zero-order valence-corrected chi connectivity index (χ0v) is 18.2. The summed E-state index contributed by atoms with van der Waals surface area (Å²) in [6.07, 6.45) is 7.98. The Kier molecular flexibility index (Phi) is 7.67. The molecule has 0 bridgehead atoms. The number of aliphatic imine (C=N–C) groups is 1. The molecule has 1 aliphatic heterocycles. The number of likely N-dealkylation sites (tertiary alicyclic amines) is 1. The monoisotopic (exact) mass is 474 g/mol. The highest BCUT2D eigenvalue weighted by Gasteiger charge is 2.28. The van der Waals surface area contributed by atoms with E-state index < -0.39 is 0 Å². The van der Waals surface area contributed by atoms with Gasteiger partial charge in [0, 0.05) is 37.9 Å². The predicted molar refractivity (Wildman–Crippen MR) is 114 cm³/mol. The summed E-state index contributed by atoms with van der Waals surface area (Å²) in [6, 6.07) is 0.436. The fourth-order valence-corrected chi connectivity index (χ4v) is 3.93. The summed E-state index contributed by atoms with van der Waals surface area (Å²) in [5.74, 6) is 1.59. The molecule has 1 aliphatic rings. The van der Waals surface area contributed by atoms with Crippen molar-refractivity contribution < 1.29 is 0 Å². The van der Waals surface area contributed by atoms with Crippen LogP contribution in [0.25, 0.3) is 0 Å². The van der Waals surface area contributed by atoms with Crippen LogP contribution >= 0.6 is 35.3 Å². The lowest BCUT2D eigenvalue weighted by atomic mass is 9.93. The van der Waals surface area contributed by atoms with Gasteiger partial charge in [0.25, 0.3) is 0 Å². The number of thiazole rings is 1. The highest BCUT2D eigenvalue weighted by molar-refractivity contribution is 14.0. The molecular formula is C17H27IN6S. The van der Waals surface area contributed by atoms with Crippen LogP contribution in [0, 0.1) is 5.92 Å². The van der Waals surface area contributed by atoms with Crippen molar-refractivity contribution in [3.05, 3.63) is 34.8 Å². The third-order valence-electron chi connectivity index (χ3n) is 4.67. The molecule has 1 fully saturated rings. The smallest absolute Gasteiger partial charge is 0.194 e. The van der Waals surface area contributed by atoms with Crippen LogP contribution in [0.4, 0.5) is 0 Å². The lowest BCUT2D eigenvalue weighted by Gasteiger charge is -2.39. The molecule has 6 nitrogen and oxygen atoms in total. The molecule has 138 valence electrons. The normalized spacial score (nSPS) is 21.1. The molecule has 2 aromatic heterocycles. The molecular weight excluding hydrogens is 447 g/mol. The number of nitrogens with one attached hydrogen (secondary N) is 1. The Morgan fingerprint density at radius 3 is 2.96 bits per heavy atom. The van der Waals surface area contributed by atoms with Gasteiger partial charge >= 0.3 is 0 Å². The minimum Gasteiger partial charge on any atom is -0.351 e. The van der Waals surface area contributed by atoms with E-state index in [1.807, 2.05) is 19.6 Å². The number of halogens is 1. The summed E-state index contributed by atoms with van der Waals surface area (Å²) >= 11 is 1.73. The summed E-state index contributed by atoms with van der Waals surface area (Å²) in [5.41, 5.74) is 1.09. The summed E-state index contributed by atoms with van der Waals surface area (Å²) in [6.45, 7) is 7.17. The number of aryl methyl sites for hydroxylation is 1. The van der Waals surface area contributed by atoms with Gasteiger partial charge in [0.1, 0.15) is 0 Å². The average Bonchev–Trinajstić information content (AvgIpc) is 3.28. The SMILES string of the molecule is CCc1nc(CNC(=NC)N2CCC(C)C(n3ccnc3)C2)cs1.I. The van der Waals surface area contributed by atoms with Crippen molar-refractivity contribution in [1.29, 1.82) is 0 Å². The maximum absolute atomic E-state index is 4.62. The lowest BCUT2D eigenvalue weighted by molar-refractivity contribution is 0.189. The molecule has 0 saturated carbocycles. The van der Waals surface area contributed by atoms with Gasteiger partial charge < -0.3 is 14.8 Å². The summed E-state index contributed by atoms with van der Waals surface area (Å²) in [4.78, 5) is 15.6. The van der Waals surface area contributed by atoms with Crippen molar-refractivity contribution >= 4 is 41.3 Å². The molecule has 25 heavy (non-hydrogen) atoms. The molecule has 2 aromatic rings. The van der Waals surface area contributed by atoms with Gasteiger partial charge in [-0.15, -0.1) is 35.3 Å². The van der Waals surface area contributed by atoms with Crippen LogP contribution in [0.1, 0.15) is 37.0 Å². The molecule has 2 unspecified atom stereocenters. The second-order valence-electron chi connectivity index (χ2n) is 6.28. The number of nitrogens with zero attached hydrogens (tertiary/aromatic N) is 5. The number of imidazole rings is 1. The molecule has 0 spiro atoms.